The summed E-state index contributed by atoms with van der Waals surface area (Å²) in [5, 5.41) is 8.44. The molecule has 2 heterocycles. The second kappa shape index (κ2) is 10.2. The molecule has 2 aromatic carbocycles. The molecule has 0 aliphatic carbocycles. The lowest BCUT2D eigenvalue weighted by Gasteiger charge is -2.08. The molecule has 2 aromatic heterocycles. The number of hydrogen-bond donors (Lipinski definition) is 1. The predicted molar refractivity (Wildman–Crippen MR) is 131 cm³/mol. The minimum Gasteiger partial charge on any atom is -0.497 e. The number of aromatic nitrogens is 2. The molecule has 176 valence electrons. The summed E-state index contributed by atoms with van der Waals surface area (Å²) in [7, 11) is 1.59. The molecule has 4 rings (SSSR count). The van der Waals surface area contributed by atoms with Crippen molar-refractivity contribution in [1.29, 1.82) is 0 Å². The lowest BCUT2D eigenvalue weighted by molar-refractivity contribution is 0.0992. The molecule has 0 bridgehead atoms. The van der Waals surface area contributed by atoms with E-state index in [1.165, 1.54) is 0 Å². The Bertz CT molecular complexity index is 1330. The number of amides is 1. The van der Waals surface area contributed by atoms with Crippen molar-refractivity contribution >= 4 is 34.8 Å². The molecular weight excluding hydrogens is 477 g/mol. The molecule has 7 nitrogen and oxygen atoms in total. The highest BCUT2D eigenvalue weighted by Gasteiger charge is 2.18. The van der Waals surface area contributed by atoms with Crippen LogP contribution in [0, 0.1) is 13.8 Å². The number of nitrogens with one attached hydrogen (secondary N) is 1. The topological polar surface area (TPSA) is 78.5 Å². The van der Waals surface area contributed by atoms with E-state index in [1.54, 1.807) is 42.1 Å². The summed E-state index contributed by atoms with van der Waals surface area (Å²) >= 11 is 12.1. The zero-order chi connectivity index (χ0) is 24.2. The number of rotatable bonds is 8. The van der Waals surface area contributed by atoms with Crippen molar-refractivity contribution in [1.82, 2.24) is 9.78 Å². The summed E-state index contributed by atoms with van der Waals surface area (Å²) in [4.78, 5) is 12.8. The number of ether oxygens (including phenoxy) is 2. The van der Waals surface area contributed by atoms with Crippen molar-refractivity contribution in [3.63, 3.8) is 0 Å². The zero-order valence-electron chi connectivity index (χ0n) is 18.9. The number of nitrogens with zero attached hydrogens (tertiary/aromatic N) is 2. The summed E-state index contributed by atoms with van der Waals surface area (Å²) in [6.45, 7) is 4.40. The maximum Gasteiger partial charge on any atom is 0.291 e. The van der Waals surface area contributed by atoms with Crippen LogP contribution >= 0.6 is 23.2 Å². The van der Waals surface area contributed by atoms with E-state index < -0.39 is 0 Å². The predicted octanol–water partition coefficient (Wildman–Crippen LogP) is 6.29. The Morgan fingerprint density at radius 1 is 1.06 bits per heavy atom. The average Bonchev–Trinajstić information content (AvgIpc) is 3.41. The Balaban J connectivity index is 1.41. The molecule has 0 radical (unpaired) electrons. The third kappa shape index (κ3) is 5.38. The zero-order valence-corrected chi connectivity index (χ0v) is 20.4. The molecule has 1 amide bonds. The fraction of sp³-hybridized carbons (Fsp3) is 0.200. The Morgan fingerprint density at radius 2 is 1.85 bits per heavy atom. The molecule has 0 saturated heterocycles. The first kappa shape index (κ1) is 23.7. The van der Waals surface area contributed by atoms with E-state index in [2.05, 4.69) is 10.4 Å². The second-order valence-corrected chi connectivity index (χ2v) is 8.45. The van der Waals surface area contributed by atoms with Crippen LogP contribution in [0.3, 0.4) is 0 Å². The van der Waals surface area contributed by atoms with Crippen LogP contribution < -0.4 is 14.8 Å². The van der Waals surface area contributed by atoms with E-state index in [-0.39, 0.29) is 18.3 Å². The highest BCUT2D eigenvalue weighted by atomic mass is 35.5. The molecule has 0 aliphatic heterocycles. The number of halogens is 2. The molecule has 34 heavy (non-hydrogen) atoms. The smallest absolute Gasteiger partial charge is 0.291 e. The van der Waals surface area contributed by atoms with Crippen LogP contribution in [-0.4, -0.2) is 22.8 Å². The monoisotopic (exact) mass is 499 g/mol. The Kier molecular flexibility index (Phi) is 7.14. The van der Waals surface area contributed by atoms with Crippen molar-refractivity contribution in [2.75, 3.05) is 12.4 Å². The number of carbonyl (C=O) groups is 1. The number of anilines is 1. The van der Waals surface area contributed by atoms with Crippen LogP contribution in [0.1, 0.15) is 33.3 Å². The first-order chi connectivity index (χ1) is 16.3. The molecular formula is C25H23Cl2N3O4. The maximum absolute atomic E-state index is 12.8. The Morgan fingerprint density at radius 3 is 2.62 bits per heavy atom. The molecule has 0 aliphatic rings. The van der Waals surface area contributed by atoms with Gasteiger partial charge < -0.3 is 19.2 Å². The number of aryl methyl sites for hydroxylation is 1. The van der Waals surface area contributed by atoms with E-state index in [4.69, 9.17) is 37.1 Å². The normalized spacial score (nSPS) is 10.9. The van der Waals surface area contributed by atoms with Crippen LogP contribution in [-0.2, 0) is 13.2 Å². The molecule has 4 aromatic rings. The second-order valence-electron chi connectivity index (χ2n) is 7.64. The number of benzene rings is 2. The number of methoxy groups -OCH3 is 1. The fourth-order valence-corrected chi connectivity index (χ4v) is 3.76. The van der Waals surface area contributed by atoms with E-state index >= 15 is 0 Å². The van der Waals surface area contributed by atoms with Gasteiger partial charge in [0.05, 0.1) is 40.8 Å². The SMILES string of the molecule is COc1cccc(OCc2ccc(C(=O)Nc3c(C)nn(Cc4ccc(Cl)c(Cl)c4)c3C)o2)c1. The van der Waals surface area contributed by atoms with Crippen molar-refractivity contribution in [2.24, 2.45) is 0 Å². The van der Waals surface area contributed by atoms with Gasteiger partial charge >= 0.3 is 0 Å². The standard InChI is InChI=1S/C25H23Cl2N3O4/c1-15-24(16(2)30(29-15)13-17-7-9-21(26)22(27)11-17)28-25(31)23-10-8-20(34-23)14-33-19-6-4-5-18(12-19)32-3/h4-12H,13-14H2,1-3H3,(H,28,31). The first-order valence-electron chi connectivity index (χ1n) is 10.5. The summed E-state index contributed by atoms with van der Waals surface area (Å²) < 4.78 is 18.4. The third-order valence-electron chi connectivity index (χ3n) is 5.24. The van der Waals surface area contributed by atoms with Gasteiger partial charge in [-0.25, -0.2) is 0 Å². The van der Waals surface area contributed by atoms with Gasteiger partial charge in [-0.1, -0.05) is 35.3 Å². The third-order valence-corrected chi connectivity index (χ3v) is 5.98. The summed E-state index contributed by atoms with van der Waals surface area (Å²) in [5.41, 5.74) is 3.09. The van der Waals surface area contributed by atoms with Crippen molar-refractivity contribution < 1.29 is 18.7 Å². The Hall–Kier alpha value is -3.42. The van der Waals surface area contributed by atoms with Crippen LogP contribution in [0.2, 0.25) is 10.0 Å². The largest absolute Gasteiger partial charge is 0.497 e. The van der Waals surface area contributed by atoms with Crippen LogP contribution in [0.4, 0.5) is 5.69 Å². The quantitative estimate of drug-likeness (QED) is 0.308. The van der Waals surface area contributed by atoms with Crippen molar-refractivity contribution in [3.8, 4) is 11.5 Å². The van der Waals surface area contributed by atoms with Crippen LogP contribution in [0.15, 0.2) is 59.0 Å². The Labute approximate surface area is 207 Å². The number of furan rings is 1. The van der Waals surface area contributed by atoms with Gasteiger partial charge in [0.25, 0.3) is 5.91 Å². The fourth-order valence-electron chi connectivity index (χ4n) is 3.44. The van der Waals surface area contributed by atoms with Crippen molar-refractivity contribution in [2.45, 2.75) is 27.0 Å². The minimum atomic E-state index is -0.368. The van der Waals surface area contributed by atoms with E-state index in [1.807, 2.05) is 38.1 Å². The van der Waals surface area contributed by atoms with Gasteiger partial charge in [0.1, 0.15) is 23.9 Å². The lowest BCUT2D eigenvalue weighted by atomic mass is 10.2. The van der Waals surface area contributed by atoms with Gasteiger partial charge in [0, 0.05) is 6.07 Å². The summed E-state index contributed by atoms with van der Waals surface area (Å²) in [6, 6.07) is 16.0. The molecule has 9 heteroatoms. The molecule has 1 N–H and O–H groups in total. The maximum atomic E-state index is 12.8. The molecule has 0 fully saturated rings. The summed E-state index contributed by atoms with van der Waals surface area (Å²) in [5.74, 6) is 1.68. The number of carbonyl (C=O) groups excluding carboxylic acids is 1. The van der Waals surface area contributed by atoms with Crippen LogP contribution in [0.5, 0.6) is 11.5 Å². The first-order valence-corrected chi connectivity index (χ1v) is 11.2. The van der Waals surface area contributed by atoms with Gasteiger partial charge in [-0.05, 0) is 55.8 Å². The molecule has 0 atom stereocenters. The lowest BCUT2D eigenvalue weighted by Crippen LogP contribution is -2.12. The highest BCUT2D eigenvalue weighted by molar-refractivity contribution is 6.42. The van der Waals surface area contributed by atoms with Crippen LogP contribution in [0.25, 0.3) is 0 Å². The van der Waals surface area contributed by atoms with E-state index in [0.29, 0.717) is 45.2 Å². The van der Waals surface area contributed by atoms with Crippen molar-refractivity contribution in [3.05, 3.63) is 93.1 Å². The van der Waals surface area contributed by atoms with Gasteiger partial charge in [-0.2, -0.15) is 5.10 Å². The average molecular weight is 500 g/mol. The van der Waals surface area contributed by atoms with Gasteiger partial charge in [0.15, 0.2) is 5.76 Å². The van der Waals surface area contributed by atoms with Gasteiger partial charge in [-0.15, -0.1) is 0 Å². The molecule has 0 saturated carbocycles. The van der Waals surface area contributed by atoms with E-state index in [0.717, 1.165) is 11.3 Å². The molecule has 0 spiro atoms. The van der Waals surface area contributed by atoms with E-state index in [9.17, 15) is 4.79 Å². The number of hydrogen-bond acceptors (Lipinski definition) is 5. The summed E-state index contributed by atoms with van der Waals surface area (Å²) in [6.07, 6.45) is 0. The minimum absolute atomic E-state index is 0.181. The highest BCUT2D eigenvalue weighted by Crippen LogP contribution is 2.26. The van der Waals surface area contributed by atoms with Gasteiger partial charge in [0.2, 0.25) is 0 Å². The molecule has 0 unspecified atom stereocenters. The van der Waals surface area contributed by atoms with Gasteiger partial charge in [-0.3, -0.25) is 9.48 Å².